The summed E-state index contributed by atoms with van der Waals surface area (Å²) in [6.45, 7) is 3.20. The third kappa shape index (κ3) is 9.09. The molecule has 2 N–H and O–H groups in total. The Labute approximate surface area is 374 Å². The molecule has 0 bridgehead atoms. The van der Waals surface area contributed by atoms with Crippen LogP contribution in [0.1, 0.15) is 33.5 Å². The van der Waals surface area contributed by atoms with E-state index in [0.29, 0.717) is 28.2 Å². The first-order chi connectivity index (χ1) is 31.1. The SMILES string of the molecule is COc1ccc2c(c1)c(=O)n(CC=Cc1ccccc1)n2S(=O)(=O)c1ccc(C)c(O)c1.COc1ccc2c(c1)c(=O)n(CCC(=O)c1ccccc1)n2S(=O)(=O)c1ccc(C)c(O)c1. The fourth-order valence-corrected chi connectivity index (χ4v) is 10.1. The van der Waals surface area contributed by atoms with E-state index in [1.807, 2.05) is 36.4 Å². The molecule has 2 aromatic heterocycles. The highest BCUT2D eigenvalue weighted by atomic mass is 32.2. The summed E-state index contributed by atoms with van der Waals surface area (Å²) in [6.07, 6.45) is 3.47. The lowest BCUT2D eigenvalue weighted by molar-refractivity contribution is 0.0974. The van der Waals surface area contributed by atoms with Gasteiger partial charge >= 0.3 is 0 Å². The molecule has 0 unspecified atom stereocenters. The van der Waals surface area contributed by atoms with Gasteiger partial charge in [-0.25, -0.2) is 9.36 Å². The number of phenols is 2. The third-order valence-corrected chi connectivity index (χ3v) is 14.0. The molecular formula is C48H44N4O11S2. The Morgan fingerprint density at radius 1 is 0.600 bits per heavy atom. The normalized spacial score (nSPS) is 11.8. The van der Waals surface area contributed by atoms with Crippen LogP contribution in [0.4, 0.5) is 0 Å². The van der Waals surface area contributed by atoms with Gasteiger partial charge in [-0.05, 0) is 79.1 Å². The molecule has 0 aliphatic rings. The maximum absolute atomic E-state index is 13.6. The van der Waals surface area contributed by atoms with Gasteiger partial charge < -0.3 is 19.7 Å². The first-order valence-corrected chi connectivity index (χ1v) is 22.9. The molecule has 0 fully saturated rings. The highest BCUT2D eigenvalue weighted by Crippen LogP contribution is 2.29. The zero-order valence-corrected chi connectivity index (χ0v) is 37.3. The summed E-state index contributed by atoms with van der Waals surface area (Å²) in [5.41, 5.74) is 1.81. The molecule has 0 saturated heterocycles. The Hall–Kier alpha value is -7.63. The molecular weight excluding hydrogens is 873 g/mol. The number of carbonyl (C=O) groups is 1. The van der Waals surface area contributed by atoms with Crippen molar-refractivity contribution < 1.29 is 41.3 Å². The van der Waals surface area contributed by atoms with Crippen molar-refractivity contribution in [2.75, 3.05) is 14.2 Å². The van der Waals surface area contributed by atoms with Crippen LogP contribution in [0, 0.1) is 13.8 Å². The van der Waals surface area contributed by atoms with E-state index < -0.39 is 31.2 Å². The van der Waals surface area contributed by atoms with Crippen molar-refractivity contribution in [1.29, 1.82) is 0 Å². The minimum absolute atomic E-state index is 0.0296. The molecule has 65 heavy (non-hydrogen) atoms. The van der Waals surface area contributed by atoms with E-state index in [9.17, 15) is 41.4 Å². The number of hydrogen-bond acceptors (Lipinski definition) is 11. The molecule has 8 aromatic rings. The van der Waals surface area contributed by atoms with Crippen LogP contribution < -0.4 is 20.6 Å². The average Bonchev–Trinajstić information content (AvgIpc) is 3.76. The Kier molecular flexibility index (Phi) is 13.0. The molecule has 2 heterocycles. The van der Waals surface area contributed by atoms with Crippen molar-refractivity contribution in [2.45, 2.75) is 43.1 Å². The summed E-state index contributed by atoms with van der Waals surface area (Å²) >= 11 is 0. The van der Waals surface area contributed by atoms with Crippen LogP contribution in [0.5, 0.6) is 23.0 Å². The van der Waals surface area contributed by atoms with E-state index in [4.69, 9.17) is 9.47 Å². The smallest absolute Gasteiger partial charge is 0.282 e. The maximum Gasteiger partial charge on any atom is 0.282 e. The summed E-state index contributed by atoms with van der Waals surface area (Å²) in [5, 5.41) is 20.5. The topological polar surface area (TPSA) is 198 Å². The van der Waals surface area contributed by atoms with Crippen LogP contribution in [0.25, 0.3) is 27.9 Å². The fraction of sp³-hybridized carbons (Fsp3) is 0.146. The van der Waals surface area contributed by atoms with Gasteiger partial charge in [-0.2, -0.15) is 25.0 Å². The van der Waals surface area contributed by atoms with E-state index in [-0.39, 0.29) is 68.4 Å². The number of carbonyl (C=O) groups excluding carboxylic acids is 1. The van der Waals surface area contributed by atoms with Crippen molar-refractivity contribution >= 4 is 53.7 Å². The second kappa shape index (κ2) is 18.6. The second-order valence-electron chi connectivity index (χ2n) is 14.8. The molecule has 0 radical (unpaired) electrons. The number of hydrogen-bond donors (Lipinski definition) is 2. The number of methoxy groups -OCH3 is 2. The summed E-state index contributed by atoms with van der Waals surface area (Å²) < 4.78 is 68.8. The maximum atomic E-state index is 13.6. The Bertz CT molecular complexity index is 3460. The molecule has 0 atom stereocenters. The van der Waals surface area contributed by atoms with Crippen molar-refractivity contribution in [3.8, 4) is 23.0 Å². The van der Waals surface area contributed by atoms with Gasteiger partial charge in [0.15, 0.2) is 5.78 Å². The fourth-order valence-electron chi connectivity index (χ4n) is 7.06. The number of allylic oxidation sites excluding steroid dienone is 1. The Morgan fingerprint density at radius 3 is 1.54 bits per heavy atom. The average molecular weight is 917 g/mol. The highest BCUT2D eigenvalue weighted by Gasteiger charge is 2.28. The summed E-state index contributed by atoms with van der Waals surface area (Å²) in [7, 11) is -5.54. The number of benzene rings is 6. The van der Waals surface area contributed by atoms with Crippen molar-refractivity contribution in [3.63, 3.8) is 0 Å². The van der Waals surface area contributed by atoms with Gasteiger partial charge in [0.05, 0.1) is 58.9 Å². The monoisotopic (exact) mass is 916 g/mol. The van der Waals surface area contributed by atoms with Gasteiger partial charge in [-0.1, -0.05) is 84.9 Å². The van der Waals surface area contributed by atoms with Crippen LogP contribution in [0.2, 0.25) is 0 Å². The number of aromatic hydroxyl groups is 2. The molecule has 0 saturated carbocycles. The van der Waals surface area contributed by atoms with E-state index in [1.165, 1.54) is 62.8 Å². The van der Waals surface area contributed by atoms with Crippen LogP contribution in [-0.4, -0.2) is 64.6 Å². The Balaban J connectivity index is 0.000000194. The first-order valence-electron chi connectivity index (χ1n) is 20.1. The number of rotatable bonds is 13. The van der Waals surface area contributed by atoms with Gasteiger partial charge in [0.1, 0.15) is 23.0 Å². The van der Waals surface area contributed by atoms with Gasteiger partial charge in [-0.3, -0.25) is 14.4 Å². The van der Waals surface area contributed by atoms with Crippen molar-refractivity contribution in [3.05, 3.63) is 182 Å². The predicted molar refractivity (Wildman–Crippen MR) is 247 cm³/mol. The molecule has 17 heteroatoms. The van der Waals surface area contributed by atoms with Gasteiger partial charge in [-0.15, -0.1) is 0 Å². The zero-order valence-electron chi connectivity index (χ0n) is 35.7. The predicted octanol–water partition coefficient (Wildman–Crippen LogP) is 7.11. The lowest BCUT2D eigenvalue weighted by Gasteiger charge is -2.14. The van der Waals surface area contributed by atoms with Gasteiger partial charge in [0, 0.05) is 24.1 Å². The summed E-state index contributed by atoms with van der Waals surface area (Å²) in [5.74, 6) is 0.311. The lowest BCUT2D eigenvalue weighted by Crippen LogP contribution is -2.29. The lowest BCUT2D eigenvalue weighted by atomic mass is 10.1. The van der Waals surface area contributed by atoms with Gasteiger partial charge in [0.2, 0.25) is 0 Å². The molecule has 0 aliphatic heterocycles. The quantitative estimate of drug-likeness (QED) is 0.112. The van der Waals surface area contributed by atoms with Crippen molar-refractivity contribution in [2.24, 2.45) is 0 Å². The van der Waals surface area contributed by atoms with Gasteiger partial charge in [0.25, 0.3) is 31.2 Å². The van der Waals surface area contributed by atoms with Crippen LogP contribution in [0.15, 0.2) is 159 Å². The van der Waals surface area contributed by atoms with Crippen LogP contribution in [-0.2, 0) is 33.1 Å². The minimum atomic E-state index is -4.28. The number of aryl methyl sites for hydroxylation is 2. The van der Waals surface area contributed by atoms with E-state index in [2.05, 4.69) is 0 Å². The number of nitrogens with zero attached hydrogens (tertiary/aromatic N) is 4. The molecule has 0 aliphatic carbocycles. The number of phenolic OH excluding ortho intramolecular Hbond substituents is 2. The van der Waals surface area contributed by atoms with E-state index in [1.54, 1.807) is 68.5 Å². The van der Waals surface area contributed by atoms with Crippen LogP contribution >= 0.6 is 0 Å². The first kappa shape index (κ1) is 45.4. The molecule has 6 aromatic carbocycles. The number of fused-ring (bicyclic) bond motifs is 2. The number of Topliss-reactive ketones (excluding diaryl/α,β-unsaturated/α-hetero) is 1. The number of aromatic nitrogens is 4. The zero-order chi connectivity index (χ0) is 46.6. The number of ketones is 1. The standard InChI is InChI=1S/C24H22N2O6S.C24H22N2O5S/c1-16-8-10-19(15-23(16)28)33(30,31)26-21-11-9-18(32-2)14-20(21)24(29)25(26)13-12-22(27)17-6-4-3-5-7-17;1-17-10-12-20(16-23(17)27)32(29,30)26-22-13-11-19(31-2)15-21(22)24(28)25(26)14-6-9-18-7-4-3-5-8-18/h3-11,14-15,28H,12-13H2,1-2H3;3-13,15-16,27H,14H2,1-2H3. The van der Waals surface area contributed by atoms with E-state index in [0.717, 1.165) is 29.2 Å². The largest absolute Gasteiger partial charge is 0.508 e. The summed E-state index contributed by atoms with van der Waals surface area (Å²) in [6, 6.07) is 35.4. The molecule has 15 nitrogen and oxygen atoms in total. The molecule has 0 amide bonds. The minimum Gasteiger partial charge on any atom is -0.508 e. The summed E-state index contributed by atoms with van der Waals surface area (Å²) in [4.78, 5) is 38.8. The molecule has 334 valence electrons. The molecule has 0 spiro atoms. The highest BCUT2D eigenvalue weighted by molar-refractivity contribution is 7.90. The van der Waals surface area contributed by atoms with E-state index >= 15 is 0 Å². The van der Waals surface area contributed by atoms with Crippen molar-refractivity contribution in [1.82, 2.24) is 17.5 Å². The Morgan fingerprint density at radius 2 is 1.06 bits per heavy atom. The van der Waals surface area contributed by atoms with Crippen LogP contribution in [0.3, 0.4) is 0 Å². The number of ether oxygens (including phenoxy) is 2. The molecule has 8 rings (SSSR count). The third-order valence-electron chi connectivity index (χ3n) is 10.6. The second-order valence-corrected chi connectivity index (χ2v) is 18.4.